The van der Waals surface area contributed by atoms with Gasteiger partial charge in [0.15, 0.2) is 0 Å². The second-order valence-corrected chi connectivity index (χ2v) is 6.75. The molecule has 0 radical (unpaired) electrons. The summed E-state index contributed by atoms with van der Waals surface area (Å²) < 4.78 is 5.16. The first kappa shape index (κ1) is 21.5. The highest BCUT2D eigenvalue weighted by Gasteiger charge is 2.14. The molecule has 2 aromatic carbocycles. The fourth-order valence-corrected chi connectivity index (χ4v) is 3.14. The molecule has 0 saturated carbocycles. The number of ether oxygens (including phenoxy) is 1. The van der Waals surface area contributed by atoms with E-state index in [4.69, 9.17) is 4.74 Å². The molecule has 2 amide bonds. The van der Waals surface area contributed by atoms with Crippen molar-refractivity contribution in [1.82, 2.24) is 4.90 Å². The lowest BCUT2D eigenvalue weighted by Crippen LogP contribution is -2.31. The monoisotopic (exact) mass is 382 g/mol. The zero-order valence-corrected chi connectivity index (χ0v) is 17.2. The van der Waals surface area contributed by atoms with Crippen LogP contribution in [0.25, 0.3) is 0 Å². The molecule has 5 nitrogen and oxygen atoms in total. The van der Waals surface area contributed by atoms with Crippen molar-refractivity contribution in [2.45, 2.75) is 46.6 Å². The molecule has 0 aliphatic carbocycles. The van der Waals surface area contributed by atoms with E-state index in [0.717, 1.165) is 41.0 Å². The Morgan fingerprint density at radius 1 is 1.00 bits per heavy atom. The summed E-state index contributed by atoms with van der Waals surface area (Å²) >= 11 is 0. The predicted octanol–water partition coefficient (Wildman–Crippen LogP) is 4.20. The number of methoxy groups -OCH3 is 1. The van der Waals surface area contributed by atoms with E-state index in [1.54, 1.807) is 12.0 Å². The molecule has 0 fully saturated rings. The molecule has 0 spiro atoms. The zero-order valence-electron chi connectivity index (χ0n) is 17.2. The Bertz CT molecular complexity index is 778. The van der Waals surface area contributed by atoms with Gasteiger partial charge in [0.25, 0.3) is 0 Å². The van der Waals surface area contributed by atoms with Crippen LogP contribution in [-0.4, -0.2) is 30.4 Å². The maximum absolute atomic E-state index is 12.5. The molecule has 0 bridgehead atoms. The van der Waals surface area contributed by atoms with Crippen molar-refractivity contribution in [2.75, 3.05) is 19.0 Å². The molecule has 28 heavy (non-hydrogen) atoms. The van der Waals surface area contributed by atoms with Crippen molar-refractivity contribution in [3.63, 3.8) is 0 Å². The Morgan fingerprint density at radius 2 is 1.61 bits per heavy atom. The number of rotatable bonds is 9. The SMILES string of the molecule is CCc1cccc(CC)c1NC(=O)CCN(Cc1ccc(OC)cc1)C(C)=O. The molecule has 5 heteroatoms. The lowest BCUT2D eigenvalue weighted by Gasteiger charge is -2.21. The molecule has 1 N–H and O–H groups in total. The van der Waals surface area contributed by atoms with Gasteiger partial charge < -0.3 is 15.0 Å². The molecular formula is C23H30N2O3. The van der Waals surface area contributed by atoms with Crippen LogP contribution in [0.5, 0.6) is 5.75 Å². The van der Waals surface area contributed by atoms with Crippen molar-refractivity contribution < 1.29 is 14.3 Å². The summed E-state index contributed by atoms with van der Waals surface area (Å²) in [7, 11) is 1.62. The number of carbonyl (C=O) groups excluding carboxylic acids is 2. The quantitative estimate of drug-likeness (QED) is 0.707. The maximum Gasteiger partial charge on any atom is 0.226 e. The normalized spacial score (nSPS) is 10.4. The summed E-state index contributed by atoms with van der Waals surface area (Å²) in [6.45, 7) is 6.54. The molecule has 0 aliphatic heterocycles. The second kappa shape index (κ2) is 10.5. The van der Waals surface area contributed by atoms with Gasteiger partial charge >= 0.3 is 0 Å². The summed E-state index contributed by atoms with van der Waals surface area (Å²) in [6, 6.07) is 13.7. The van der Waals surface area contributed by atoms with Crippen LogP contribution in [0.1, 0.15) is 43.9 Å². The first-order valence-electron chi connectivity index (χ1n) is 9.77. The number of benzene rings is 2. The highest BCUT2D eigenvalue weighted by Crippen LogP contribution is 2.23. The van der Waals surface area contributed by atoms with Gasteiger partial charge in [-0.1, -0.05) is 44.2 Å². The Morgan fingerprint density at radius 3 is 2.11 bits per heavy atom. The summed E-state index contributed by atoms with van der Waals surface area (Å²) in [5, 5.41) is 3.06. The van der Waals surface area contributed by atoms with Gasteiger partial charge in [0.05, 0.1) is 7.11 Å². The van der Waals surface area contributed by atoms with E-state index in [-0.39, 0.29) is 18.2 Å². The second-order valence-electron chi connectivity index (χ2n) is 6.75. The smallest absolute Gasteiger partial charge is 0.226 e. The summed E-state index contributed by atoms with van der Waals surface area (Å²) in [6.07, 6.45) is 1.98. The summed E-state index contributed by atoms with van der Waals surface area (Å²) in [5.41, 5.74) is 4.19. The molecule has 0 aliphatic rings. The highest BCUT2D eigenvalue weighted by atomic mass is 16.5. The lowest BCUT2D eigenvalue weighted by atomic mass is 10.0. The van der Waals surface area contributed by atoms with Gasteiger partial charge in [-0.15, -0.1) is 0 Å². The van der Waals surface area contributed by atoms with Gasteiger partial charge in [-0.3, -0.25) is 9.59 Å². The van der Waals surface area contributed by atoms with E-state index in [2.05, 4.69) is 19.2 Å². The van der Waals surface area contributed by atoms with Crippen LogP contribution in [0.3, 0.4) is 0 Å². The molecule has 0 saturated heterocycles. The van der Waals surface area contributed by atoms with Gasteiger partial charge in [0.2, 0.25) is 11.8 Å². The molecule has 2 aromatic rings. The fraction of sp³-hybridized carbons (Fsp3) is 0.391. The zero-order chi connectivity index (χ0) is 20.5. The first-order chi connectivity index (χ1) is 13.5. The Labute approximate surface area is 167 Å². The number of aryl methyl sites for hydroxylation is 2. The third kappa shape index (κ3) is 5.84. The number of amides is 2. The number of hydrogen-bond donors (Lipinski definition) is 1. The minimum absolute atomic E-state index is 0.0492. The molecule has 0 unspecified atom stereocenters. The number of anilines is 1. The molecule has 0 heterocycles. The molecule has 0 atom stereocenters. The van der Waals surface area contributed by atoms with Crippen molar-refractivity contribution in [1.29, 1.82) is 0 Å². The molecule has 0 aromatic heterocycles. The van der Waals surface area contributed by atoms with E-state index in [9.17, 15) is 9.59 Å². The lowest BCUT2D eigenvalue weighted by molar-refractivity contribution is -0.129. The molecule has 2 rings (SSSR count). The number of carbonyl (C=O) groups is 2. The van der Waals surface area contributed by atoms with Crippen LogP contribution in [-0.2, 0) is 29.0 Å². The maximum atomic E-state index is 12.5. The minimum atomic E-state index is -0.0726. The molecule has 150 valence electrons. The van der Waals surface area contributed by atoms with Crippen LogP contribution in [0.2, 0.25) is 0 Å². The van der Waals surface area contributed by atoms with Gasteiger partial charge in [-0.25, -0.2) is 0 Å². The molecular weight excluding hydrogens is 352 g/mol. The Hall–Kier alpha value is -2.82. The average molecular weight is 383 g/mol. The number of hydrogen-bond acceptors (Lipinski definition) is 3. The Balaban J connectivity index is 1.99. The van der Waals surface area contributed by atoms with Gasteiger partial charge in [0, 0.05) is 32.1 Å². The average Bonchev–Trinajstić information content (AvgIpc) is 2.71. The largest absolute Gasteiger partial charge is 0.497 e. The summed E-state index contributed by atoms with van der Waals surface area (Å²) in [4.78, 5) is 26.2. The van der Waals surface area contributed by atoms with Crippen LogP contribution >= 0.6 is 0 Å². The van der Waals surface area contributed by atoms with Crippen LogP contribution in [0.15, 0.2) is 42.5 Å². The number of nitrogens with one attached hydrogen (secondary N) is 1. The van der Waals surface area contributed by atoms with Gasteiger partial charge in [0.1, 0.15) is 5.75 Å². The van der Waals surface area contributed by atoms with Crippen molar-refractivity contribution in [3.05, 3.63) is 59.2 Å². The number of nitrogens with zero attached hydrogens (tertiary/aromatic N) is 1. The standard InChI is InChI=1S/C23H30N2O3/c1-5-19-8-7-9-20(6-2)23(19)24-22(27)14-15-25(17(3)26)16-18-10-12-21(28-4)13-11-18/h7-13H,5-6,14-16H2,1-4H3,(H,24,27). The van der Waals surface area contributed by atoms with E-state index >= 15 is 0 Å². The Kier molecular flexibility index (Phi) is 8.05. The van der Waals surface area contributed by atoms with Crippen molar-refractivity contribution in [2.24, 2.45) is 0 Å². The van der Waals surface area contributed by atoms with E-state index in [0.29, 0.717) is 13.1 Å². The topological polar surface area (TPSA) is 58.6 Å². The van der Waals surface area contributed by atoms with Crippen LogP contribution in [0, 0.1) is 0 Å². The first-order valence-corrected chi connectivity index (χ1v) is 9.77. The third-order valence-electron chi connectivity index (χ3n) is 4.85. The number of para-hydroxylation sites is 1. The van der Waals surface area contributed by atoms with Crippen molar-refractivity contribution in [3.8, 4) is 5.75 Å². The van der Waals surface area contributed by atoms with Crippen LogP contribution in [0.4, 0.5) is 5.69 Å². The fourth-order valence-electron chi connectivity index (χ4n) is 3.14. The third-order valence-corrected chi connectivity index (χ3v) is 4.85. The van der Waals surface area contributed by atoms with E-state index in [1.807, 2.05) is 42.5 Å². The van der Waals surface area contributed by atoms with Crippen LogP contribution < -0.4 is 10.1 Å². The van der Waals surface area contributed by atoms with Gasteiger partial charge in [-0.2, -0.15) is 0 Å². The summed E-state index contributed by atoms with van der Waals surface area (Å²) in [5.74, 6) is 0.655. The minimum Gasteiger partial charge on any atom is -0.497 e. The highest BCUT2D eigenvalue weighted by molar-refractivity contribution is 5.92. The van der Waals surface area contributed by atoms with Crippen molar-refractivity contribution >= 4 is 17.5 Å². The van der Waals surface area contributed by atoms with Gasteiger partial charge in [-0.05, 0) is 41.7 Å². The van der Waals surface area contributed by atoms with E-state index < -0.39 is 0 Å². The predicted molar refractivity (Wildman–Crippen MR) is 113 cm³/mol. The van der Waals surface area contributed by atoms with E-state index in [1.165, 1.54) is 6.92 Å².